The Balaban J connectivity index is 1.33. The number of benzene rings is 2. The van der Waals surface area contributed by atoms with Crippen molar-refractivity contribution in [3.8, 4) is 0 Å². The van der Waals surface area contributed by atoms with E-state index in [9.17, 15) is 58.4 Å². The number of hydrogen-bond donors (Lipinski definition) is 9. The van der Waals surface area contributed by atoms with Crippen LogP contribution < -0.4 is 32.2 Å². The van der Waals surface area contributed by atoms with Crippen molar-refractivity contribution in [1.82, 2.24) is 26.2 Å². The zero-order chi connectivity index (χ0) is 41.1. The number of aliphatic hydroxyl groups excluding tert-OH is 1. The van der Waals surface area contributed by atoms with E-state index in [2.05, 4.69) is 21.3 Å². The number of amides is 5. The Kier molecular flexibility index (Phi) is 15.9. The summed E-state index contributed by atoms with van der Waals surface area (Å²) >= 11 is 0. The second-order valence-electron chi connectivity index (χ2n) is 13.9. The van der Waals surface area contributed by atoms with Gasteiger partial charge in [-0.3, -0.25) is 24.0 Å². The van der Waals surface area contributed by atoms with Crippen molar-refractivity contribution in [2.45, 2.75) is 89.6 Å². The normalized spacial score (nSPS) is 16.9. The number of nitrogens with one attached hydrogen (secondary N) is 4. The predicted molar refractivity (Wildman–Crippen MR) is 200 cm³/mol. The molecule has 2 aliphatic rings. The molecule has 0 spiro atoms. The Morgan fingerprint density at radius 3 is 2.43 bits per heavy atom. The Morgan fingerprint density at radius 2 is 1.75 bits per heavy atom. The standard InChI is InChI=1S/C36H48B2FN5O12/c1-3-21(35(50)44-16-6-8-29(44)34(49)43-30(20(2)45)36(51)52)7-4-5-14-40-33(48)28(42-31(46)22-9-10-23-19-56-38(55)26(23)17-22)13-15-41-32(47)25-18-24(37(53)54)11-12-27(25)39/h9-12,17-18,20-21,28-30,45,53-55H,3-8,13-16,19H2,1-2H3,(H,40,48)(H,41,47)(H,42,46)(H,43,49)(H,51,52)/t20-,21+,28-,29+,30+/m1/s1. The van der Waals surface area contributed by atoms with E-state index >= 15 is 0 Å². The van der Waals surface area contributed by atoms with Gasteiger partial charge in [-0.05, 0) is 86.2 Å². The minimum atomic E-state index is -1.93. The van der Waals surface area contributed by atoms with Crippen LogP contribution in [0.15, 0.2) is 36.4 Å². The van der Waals surface area contributed by atoms with Crippen LogP contribution in [0.25, 0.3) is 0 Å². The summed E-state index contributed by atoms with van der Waals surface area (Å²) < 4.78 is 19.6. The van der Waals surface area contributed by atoms with Gasteiger partial charge >= 0.3 is 20.2 Å². The summed E-state index contributed by atoms with van der Waals surface area (Å²) in [6, 6.07) is 4.06. The molecule has 1 saturated heterocycles. The maximum absolute atomic E-state index is 14.4. The molecule has 2 aromatic carbocycles. The molecular weight excluding hydrogens is 735 g/mol. The van der Waals surface area contributed by atoms with Crippen LogP contribution in [-0.4, -0.2) is 124 Å². The first kappa shape index (κ1) is 43.8. The lowest BCUT2D eigenvalue weighted by molar-refractivity contribution is -0.147. The van der Waals surface area contributed by atoms with Crippen molar-refractivity contribution in [2.75, 3.05) is 19.6 Å². The number of fused-ring (bicyclic) bond motifs is 1. The molecule has 0 aromatic heterocycles. The third-order valence-electron chi connectivity index (χ3n) is 9.95. The summed E-state index contributed by atoms with van der Waals surface area (Å²) in [6.07, 6.45) is 1.32. The summed E-state index contributed by atoms with van der Waals surface area (Å²) in [5.41, 5.74) is 0.714. The molecule has 2 heterocycles. The predicted octanol–water partition coefficient (Wildman–Crippen LogP) is -2.10. The molecule has 0 bridgehead atoms. The molecule has 20 heteroatoms. The van der Waals surface area contributed by atoms with Crippen LogP contribution in [0.3, 0.4) is 0 Å². The quantitative estimate of drug-likeness (QED) is 0.0548. The number of carboxylic acid groups (broad SMARTS) is 1. The summed E-state index contributed by atoms with van der Waals surface area (Å²) in [7, 11) is -3.14. The Labute approximate surface area is 323 Å². The summed E-state index contributed by atoms with van der Waals surface area (Å²) in [5, 5.41) is 58.2. The van der Waals surface area contributed by atoms with Gasteiger partial charge in [0.25, 0.3) is 11.8 Å². The average Bonchev–Trinajstić information content (AvgIpc) is 3.81. The van der Waals surface area contributed by atoms with E-state index < -0.39 is 85.4 Å². The number of hydrogen-bond acceptors (Lipinski definition) is 11. The number of carbonyl (C=O) groups excluding carboxylic acids is 5. The van der Waals surface area contributed by atoms with Crippen LogP contribution in [0, 0.1) is 11.7 Å². The highest BCUT2D eigenvalue weighted by Crippen LogP contribution is 2.24. The molecule has 5 atom stereocenters. The summed E-state index contributed by atoms with van der Waals surface area (Å²) in [6.45, 7) is 3.56. The third kappa shape index (κ3) is 11.3. The molecule has 2 aliphatic heterocycles. The minimum absolute atomic E-state index is 0.104. The van der Waals surface area contributed by atoms with Gasteiger partial charge in [0.15, 0.2) is 6.04 Å². The van der Waals surface area contributed by atoms with Crippen molar-refractivity contribution in [2.24, 2.45) is 5.92 Å². The van der Waals surface area contributed by atoms with Gasteiger partial charge in [0.1, 0.15) is 17.9 Å². The number of likely N-dealkylation sites (tertiary alicyclic amines) is 1. The molecule has 4 rings (SSSR count). The molecule has 56 heavy (non-hydrogen) atoms. The van der Waals surface area contributed by atoms with Crippen LogP contribution >= 0.6 is 0 Å². The van der Waals surface area contributed by atoms with Gasteiger partial charge in [0, 0.05) is 31.1 Å². The maximum atomic E-state index is 14.4. The first-order valence-electron chi connectivity index (χ1n) is 18.6. The Bertz CT molecular complexity index is 1770. The lowest BCUT2D eigenvalue weighted by atomic mass is 9.79. The lowest BCUT2D eigenvalue weighted by Crippen LogP contribution is -2.54. The van der Waals surface area contributed by atoms with Crippen LogP contribution in [0.4, 0.5) is 4.39 Å². The number of rotatable bonds is 19. The van der Waals surface area contributed by atoms with Gasteiger partial charge < -0.3 is 56.1 Å². The first-order chi connectivity index (χ1) is 26.6. The molecule has 0 aliphatic carbocycles. The first-order valence-corrected chi connectivity index (χ1v) is 18.6. The van der Waals surface area contributed by atoms with Crippen molar-refractivity contribution in [3.63, 3.8) is 0 Å². The highest BCUT2D eigenvalue weighted by atomic mass is 19.1. The van der Waals surface area contributed by atoms with Gasteiger partial charge in [-0.2, -0.15) is 0 Å². The largest absolute Gasteiger partial charge is 0.491 e. The number of aliphatic hydroxyl groups is 1. The van der Waals surface area contributed by atoms with E-state index in [-0.39, 0.29) is 43.1 Å². The minimum Gasteiger partial charge on any atom is -0.480 e. The molecule has 5 amide bonds. The molecule has 0 saturated carbocycles. The van der Waals surface area contributed by atoms with Gasteiger partial charge in [-0.25, -0.2) is 9.18 Å². The molecule has 0 unspecified atom stereocenters. The topological polar surface area (TPSA) is 264 Å². The van der Waals surface area contributed by atoms with Crippen LogP contribution in [0.1, 0.15) is 85.1 Å². The number of carboxylic acids is 1. The van der Waals surface area contributed by atoms with Gasteiger partial charge in [0.05, 0.1) is 18.3 Å². The summed E-state index contributed by atoms with van der Waals surface area (Å²) in [4.78, 5) is 78.7. The van der Waals surface area contributed by atoms with Gasteiger partial charge in [0.2, 0.25) is 17.7 Å². The smallest absolute Gasteiger partial charge is 0.480 e. The molecular formula is C36H48B2FN5O12. The maximum Gasteiger partial charge on any atom is 0.491 e. The molecule has 0 radical (unpaired) electrons. The van der Waals surface area contributed by atoms with E-state index in [4.69, 9.17) is 4.65 Å². The monoisotopic (exact) mass is 783 g/mol. The molecule has 17 nitrogen and oxygen atoms in total. The van der Waals surface area contributed by atoms with Crippen LogP contribution in [0.5, 0.6) is 0 Å². The number of halogens is 1. The van der Waals surface area contributed by atoms with Crippen molar-refractivity contribution in [3.05, 3.63) is 58.9 Å². The van der Waals surface area contributed by atoms with E-state index in [1.807, 2.05) is 6.92 Å². The number of carbonyl (C=O) groups is 6. The second kappa shape index (κ2) is 20.3. The fourth-order valence-electron chi connectivity index (χ4n) is 6.70. The molecule has 2 aromatic rings. The fourth-order valence-corrected chi connectivity index (χ4v) is 6.70. The highest BCUT2D eigenvalue weighted by molar-refractivity contribution is 6.61. The van der Waals surface area contributed by atoms with E-state index in [0.717, 1.165) is 18.2 Å². The number of aliphatic carboxylic acids is 1. The number of unbranched alkanes of at least 4 members (excludes halogenated alkanes) is 1. The van der Waals surface area contributed by atoms with Crippen molar-refractivity contribution in [1.29, 1.82) is 0 Å². The van der Waals surface area contributed by atoms with E-state index in [1.54, 1.807) is 6.07 Å². The summed E-state index contributed by atoms with van der Waals surface area (Å²) in [5.74, 6) is -5.73. The van der Waals surface area contributed by atoms with E-state index in [1.165, 1.54) is 24.0 Å². The Hall–Kier alpha value is -4.88. The van der Waals surface area contributed by atoms with E-state index in [0.29, 0.717) is 56.1 Å². The average molecular weight is 783 g/mol. The molecule has 9 N–H and O–H groups in total. The third-order valence-corrected chi connectivity index (χ3v) is 9.95. The van der Waals surface area contributed by atoms with Gasteiger partial charge in [-0.15, -0.1) is 0 Å². The van der Waals surface area contributed by atoms with Crippen LogP contribution in [-0.2, 0) is 30.4 Å². The fraction of sp³-hybridized carbons (Fsp3) is 0.500. The van der Waals surface area contributed by atoms with Gasteiger partial charge in [-0.1, -0.05) is 25.5 Å². The highest BCUT2D eigenvalue weighted by Gasteiger charge is 2.38. The zero-order valence-corrected chi connectivity index (χ0v) is 31.2. The van der Waals surface area contributed by atoms with Crippen molar-refractivity contribution < 1.29 is 63.1 Å². The SMILES string of the molecule is CC[C@@H](CCCCNC(=O)[C@@H](CCNC(=O)c1cc(B(O)O)ccc1F)NC(=O)c1ccc2c(c1)B(O)OC2)C(=O)N1CCC[C@H]1C(=O)N[C@H](C(=O)O)[C@@H](C)O. The number of nitrogens with zero attached hydrogens (tertiary/aromatic N) is 1. The zero-order valence-electron chi connectivity index (χ0n) is 31.2. The Morgan fingerprint density at radius 1 is 1.00 bits per heavy atom. The van der Waals surface area contributed by atoms with Crippen molar-refractivity contribution >= 4 is 60.7 Å². The second-order valence-corrected chi connectivity index (χ2v) is 13.9. The molecule has 302 valence electrons. The lowest BCUT2D eigenvalue weighted by Gasteiger charge is -2.29. The molecule has 1 fully saturated rings. The van der Waals surface area contributed by atoms with Crippen LogP contribution in [0.2, 0.25) is 0 Å².